The van der Waals surface area contributed by atoms with Crippen LogP contribution in [0.5, 0.6) is 0 Å². The van der Waals surface area contributed by atoms with Gasteiger partial charge in [0.15, 0.2) is 0 Å². The van der Waals surface area contributed by atoms with Crippen molar-refractivity contribution in [1.29, 1.82) is 0 Å². The minimum atomic E-state index is -2.19. The fraction of sp³-hybridized carbons (Fsp3) is 0.143. The molecule has 0 fully saturated rings. The van der Waals surface area contributed by atoms with Gasteiger partial charge in [-0.25, -0.2) is 0 Å². The topological polar surface area (TPSA) is 0 Å². The quantitative estimate of drug-likeness (QED) is 0.294. The van der Waals surface area contributed by atoms with Gasteiger partial charge in [-0.1, -0.05) is 8.41 Å². The van der Waals surface area contributed by atoms with Crippen molar-refractivity contribution in [3.8, 4) is 22.3 Å². The third-order valence-electron chi connectivity index (χ3n) is 6.86. The Morgan fingerprint density at radius 3 is 1.42 bits per heavy atom. The monoisotopic (exact) mass is 546 g/mol. The van der Waals surface area contributed by atoms with Crippen LogP contribution < -0.4 is 2.43 Å². The average Bonchev–Trinajstić information content (AvgIpc) is 3.33. The summed E-state index contributed by atoms with van der Waals surface area (Å²) in [6, 6.07) is 32.5. The molecule has 0 spiro atoms. The zero-order valence-electron chi connectivity index (χ0n) is 17.6. The first-order chi connectivity index (χ1) is 14.7. The summed E-state index contributed by atoms with van der Waals surface area (Å²) in [5, 5.41) is 0. The molecule has 3 heteroatoms. The van der Waals surface area contributed by atoms with E-state index < -0.39 is 36.9 Å². The number of fused-ring (bicyclic) bond motifs is 6. The fourth-order valence-corrected chi connectivity index (χ4v) is 29.0. The van der Waals surface area contributed by atoms with Crippen molar-refractivity contribution in [3.63, 3.8) is 0 Å². The Labute approximate surface area is 201 Å². The van der Waals surface area contributed by atoms with E-state index in [1.165, 1.54) is 33.4 Å². The van der Waals surface area contributed by atoms with E-state index in [2.05, 4.69) is 98.0 Å². The van der Waals surface area contributed by atoms with Crippen LogP contribution in [-0.2, 0) is 12.8 Å². The zero-order chi connectivity index (χ0) is 20.2. The Bertz CT molecular complexity index is 1200. The van der Waals surface area contributed by atoms with E-state index >= 15 is 0 Å². The molecular formula is C28H29BNdSi-. The van der Waals surface area contributed by atoms with E-state index in [1.54, 1.807) is 13.6 Å². The number of rotatable bonds is 3. The first-order valence-electron chi connectivity index (χ1n) is 11.0. The van der Waals surface area contributed by atoms with E-state index in [-0.39, 0.29) is 8.41 Å². The van der Waals surface area contributed by atoms with Crippen LogP contribution in [0.15, 0.2) is 84.9 Å². The van der Waals surface area contributed by atoms with Crippen molar-refractivity contribution in [2.24, 2.45) is 0 Å². The van der Waals surface area contributed by atoms with Crippen LogP contribution in [0.3, 0.4) is 0 Å². The molecule has 0 amide bonds. The second-order valence-electron chi connectivity index (χ2n) is 8.90. The Kier molecular flexibility index (Phi) is 5.83. The minimum absolute atomic E-state index is 0. The molecule has 6 rings (SSSR count). The molecule has 4 aromatic rings. The molecule has 2 aliphatic carbocycles. The Balaban J connectivity index is 0.00000204. The molecule has 153 valence electrons. The average molecular weight is 549 g/mol. The third-order valence-corrected chi connectivity index (χ3v) is 30.5. The van der Waals surface area contributed by atoms with Crippen molar-refractivity contribution >= 4 is 14.2 Å². The molecule has 0 unspecified atom stereocenters. The molecule has 0 radical (unpaired) electrons. The summed E-state index contributed by atoms with van der Waals surface area (Å²) in [5.41, 5.74) is 12.3. The van der Waals surface area contributed by atoms with E-state index in [1.807, 2.05) is 0 Å². The van der Waals surface area contributed by atoms with Gasteiger partial charge in [0.25, 0.3) is 0 Å². The van der Waals surface area contributed by atoms with Gasteiger partial charge in [-0.3, -0.25) is 0 Å². The molecular weight excluding hydrogens is 519 g/mol. The minimum Gasteiger partial charge on any atom is -0.0626 e. The number of hydrogen-bond donors (Lipinski definition) is 0. The summed E-state index contributed by atoms with van der Waals surface area (Å²) < 4.78 is 2.79. The van der Waals surface area contributed by atoms with E-state index in [0.717, 1.165) is 12.8 Å². The molecule has 0 nitrogen and oxygen atoms in total. The summed E-state index contributed by atoms with van der Waals surface area (Å²) in [6.45, 7) is 5.23. The molecule has 0 N–H and O–H groups in total. The van der Waals surface area contributed by atoms with Crippen LogP contribution in [0, 0.1) is 33.5 Å². The molecule has 0 heterocycles. The predicted molar refractivity (Wildman–Crippen MR) is 139 cm³/mol. The number of hydrogen-bond acceptors (Lipinski definition) is 0. The summed E-state index contributed by atoms with van der Waals surface area (Å²) >= 11 is -2.19. The Morgan fingerprint density at radius 1 is 0.548 bits per heavy atom. The largest absolute Gasteiger partial charge is 0.0626 e. The van der Waals surface area contributed by atoms with Crippen LogP contribution in [0.2, 0.25) is 13.1 Å². The van der Waals surface area contributed by atoms with Crippen molar-refractivity contribution in [2.75, 3.05) is 0 Å². The molecule has 31 heavy (non-hydrogen) atoms. The predicted octanol–water partition coefficient (Wildman–Crippen LogP) is 3.93. The zero-order valence-corrected chi connectivity index (χ0v) is 21.9. The van der Waals surface area contributed by atoms with Gasteiger partial charge in [0, 0.05) is 0 Å². The Morgan fingerprint density at radius 2 is 0.968 bits per heavy atom. The van der Waals surface area contributed by atoms with Gasteiger partial charge in [0.2, 0.25) is 0 Å². The first kappa shape index (κ1) is 21.4. The van der Waals surface area contributed by atoms with Crippen LogP contribution in [0.1, 0.15) is 22.3 Å². The van der Waals surface area contributed by atoms with Gasteiger partial charge in [-0.2, -0.15) is 0 Å². The Hall–Kier alpha value is -1.49. The molecule has 0 bridgehead atoms. The van der Waals surface area contributed by atoms with Gasteiger partial charge in [-0.05, 0) is 0 Å². The van der Waals surface area contributed by atoms with Crippen molar-refractivity contribution in [2.45, 2.75) is 25.9 Å². The molecule has 0 aromatic heterocycles. The third kappa shape index (κ3) is 3.42. The maximum Gasteiger partial charge on any atom is -0.0626 e. The normalized spacial score (nSPS) is 12.6. The fourth-order valence-electron chi connectivity index (χ4n) is 5.59. The van der Waals surface area contributed by atoms with Crippen LogP contribution in [0.4, 0.5) is 0 Å². The van der Waals surface area contributed by atoms with Crippen molar-refractivity contribution in [3.05, 3.63) is 107 Å². The number of benzene rings is 4. The second-order valence-corrected chi connectivity index (χ2v) is 32.7. The summed E-state index contributed by atoms with van der Waals surface area (Å²) in [4.78, 5) is 0. The van der Waals surface area contributed by atoms with E-state index in [0.29, 0.717) is 0 Å². The van der Waals surface area contributed by atoms with Gasteiger partial charge >= 0.3 is 195 Å². The maximum absolute atomic E-state index is 2.62. The van der Waals surface area contributed by atoms with Gasteiger partial charge < -0.3 is 0 Å². The van der Waals surface area contributed by atoms with Gasteiger partial charge in [0.05, 0.1) is 0 Å². The molecule has 0 saturated carbocycles. The van der Waals surface area contributed by atoms with Gasteiger partial charge in [-0.15, -0.1) is 0 Å². The molecule has 2 aliphatic rings. The summed E-state index contributed by atoms with van der Waals surface area (Å²) in [6.07, 6.45) is 2.26. The molecule has 0 atom stereocenters. The SMILES string of the molecule is C[SiH](C)[Nd]([c]1cccc2c1Cc1ccccc1-2)[c]1cccc2c1Cc1ccccc1-2.[BH4-]. The van der Waals surface area contributed by atoms with Crippen LogP contribution in [-0.4, -0.2) is 11.8 Å². The van der Waals surface area contributed by atoms with Crippen LogP contribution >= 0.6 is 0 Å². The van der Waals surface area contributed by atoms with Gasteiger partial charge in [0.1, 0.15) is 0 Å². The molecule has 0 aliphatic heterocycles. The van der Waals surface area contributed by atoms with Crippen molar-refractivity contribution < 1.29 is 33.5 Å². The van der Waals surface area contributed by atoms with Crippen molar-refractivity contribution in [1.82, 2.24) is 0 Å². The molecule has 0 saturated heterocycles. The van der Waals surface area contributed by atoms with Crippen LogP contribution in [0.25, 0.3) is 22.3 Å². The standard InChI is InChI=1S/2C13H9.C2H7Si.BH4.Nd/c2*1-3-7-12-10(5-1)9-11-6-2-4-8-13(11)12;1-3-2;;/h2*1-5,7-8H,9H2;3H,1-2H3;1H4;/q;;;-1;. The smallest absolute Gasteiger partial charge is 0.0626 e. The first-order valence-corrected chi connectivity index (χ1v) is 22.7. The molecule has 4 aromatic carbocycles. The van der Waals surface area contributed by atoms with E-state index in [9.17, 15) is 0 Å². The summed E-state index contributed by atoms with van der Waals surface area (Å²) in [7, 11) is 0. The summed E-state index contributed by atoms with van der Waals surface area (Å²) in [5.74, 6) is 0. The maximum atomic E-state index is 2.62. The van der Waals surface area contributed by atoms with E-state index in [4.69, 9.17) is 0 Å². The second kappa shape index (κ2) is 8.46.